The number of carbonyl (C=O) groups is 3. The molecule has 0 aromatic heterocycles. The van der Waals surface area contributed by atoms with Crippen LogP contribution >= 0.6 is 0 Å². The van der Waals surface area contributed by atoms with E-state index in [2.05, 4.69) is 5.32 Å². The number of ketones is 1. The summed E-state index contributed by atoms with van der Waals surface area (Å²) in [6.07, 6.45) is 0.112. The van der Waals surface area contributed by atoms with Gasteiger partial charge in [-0.3, -0.25) is 14.4 Å². The van der Waals surface area contributed by atoms with Gasteiger partial charge in [0.15, 0.2) is 11.5 Å². The predicted molar refractivity (Wildman–Crippen MR) is 83.6 cm³/mol. The van der Waals surface area contributed by atoms with Crippen LogP contribution in [0.2, 0.25) is 0 Å². The highest BCUT2D eigenvalue weighted by atomic mass is 16.6. The predicted octanol–water partition coefficient (Wildman–Crippen LogP) is 0.389. The molecule has 0 aliphatic carbocycles. The molecule has 1 heterocycles. The maximum Gasteiger partial charge on any atom is 0.325 e. The van der Waals surface area contributed by atoms with E-state index in [-0.39, 0.29) is 29.9 Å². The minimum Gasteiger partial charge on any atom is -0.504 e. The van der Waals surface area contributed by atoms with Crippen LogP contribution in [0.5, 0.6) is 11.5 Å². The third-order valence-corrected chi connectivity index (χ3v) is 3.90. The molecule has 1 aromatic carbocycles. The highest BCUT2D eigenvalue weighted by Crippen LogP contribution is 2.35. The fraction of sp³-hybridized carbons (Fsp3) is 0.438. The van der Waals surface area contributed by atoms with Gasteiger partial charge in [-0.1, -0.05) is 6.07 Å². The van der Waals surface area contributed by atoms with Crippen molar-refractivity contribution in [2.75, 3.05) is 7.11 Å². The Bertz CT molecular complexity index is 702. The molecule has 0 bridgehead atoms. The third-order valence-electron chi connectivity index (χ3n) is 3.90. The van der Waals surface area contributed by atoms with Gasteiger partial charge in [0.1, 0.15) is 6.04 Å². The van der Waals surface area contributed by atoms with Gasteiger partial charge in [0.2, 0.25) is 17.4 Å². The van der Waals surface area contributed by atoms with Crippen LogP contribution < -0.4 is 15.8 Å². The summed E-state index contributed by atoms with van der Waals surface area (Å²) in [4.78, 5) is 36.9. The number of hydrogen-bond acceptors (Lipinski definition) is 7. The smallest absolute Gasteiger partial charge is 0.325 e. The first-order valence-corrected chi connectivity index (χ1v) is 7.40. The summed E-state index contributed by atoms with van der Waals surface area (Å²) < 4.78 is 10.2. The van der Waals surface area contributed by atoms with Crippen molar-refractivity contribution in [3.8, 4) is 11.5 Å². The van der Waals surface area contributed by atoms with E-state index in [0.29, 0.717) is 5.56 Å². The topological polar surface area (TPSA) is 128 Å². The van der Waals surface area contributed by atoms with Gasteiger partial charge in [0.05, 0.1) is 12.7 Å². The number of amides is 1. The fourth-order valence-corrected chi connectivity index (χ4v) is 2.50. The highest BCUT2D eigenvalue weighted by molar-refractivity contribution is 6.08. The number of ether oxygens (including phenoxy) is 2. The van der Waals surface area contributed by atoms with Crippen molar-refractivity contribution in [2.24, 2.45) is 5.73 Å². The second-order valence-corrected chi connectivity index (χ2v) is 5.79. The Balaban J connectivity index is 2.49. The van der Waals surface area contributed by atoms with Crippen LogP contribution in [0.25, 0.3) is 0 Å². The van der Waals surface area contributed by atoms with Crippen molar-refractivity contribution >= 4 is 17.7 Å². The number of phenols is 1. The molecule has 2 atom stereocenters. The van der Waals surface area contributed by atoms with Gasteiger partial charge in [-0.2, -0.15) is 0 Å². The van der Waals surface area contributed by atoms with Gasteiger partial charge < -0.3 is 25.6 Å². The van der Waals surface area contributed by atoms with Gasteiger partial charge in [0.25, 0.3) is 0 Å². The zero-order valence-electron chi connectivity index (χ0n) is 13.7. The zero-order chi connectivity index (χ0) is 18.1. The van der Waals surface area contributed by atoms with Crippen molar-refractivity contribution in [1.29, 1.82) is 0 Å². The summed E-state index contributed by atoms with van der Waals surface area (Å²) in [5.41, 5.74) is 4.01. The van der Waals surface area contributed by atoms with E-state index in [1.807, 2.05) is 0 Å². The SMILES string of the molecule is COc1ccc(C)c(C(=O)[C@]2(C)NC(=O)CC[C@@H](N)C(=O)O2)c1O. The average Bonchev–Trinajstić information content (AvgIpc) is 2.51. The zero-order valence-corrected chi connectivity index (χ0v) is 13.7. The number of aromatic hydroxyl groups is 1. The van der Waals surface area contributed by atoms with Crippen molar-refractivity contribution < 1.29 is 29.0 Å². The molecule has 0 radical (unpaired) electrons. The second kappa shape index (κ2) is 6.48. The molecule has 0 spiro atoms. The molecular weight excluding hydrogens is 316 g/mol. The number of nitrogens with one attached hydrogen (secondary N) is 1. The second-order valence-electron chi connectivity index (χ2n) is 5.79. The molecule has 2 rings (SSSR count). The van der Waals surface area contributed by atoms with Gasteiger partial charge >= 0.3 is 5.97 Å². The number of hydrogen-bond donors (Lipinski definition) is 3. The molecule has 1 saturated heterocycles. The van der Waals surface area contributed by atoms with Gasteiger partial charge in [0, 0.05) is 13.3 Å². The third kappa shape index (κ3) is 3.18. The molecule has 1 amide bonds. The van der Waals surface area contributed by atoms with Crippen molar-refractivity contribution in [3.63, 3.8) is 0 Å². The summed E-state index contributed by atoms with van der Waals surface area (Å²) in [6, 6.07) is 2.08. The standard InChI is InChI=1S/C16H20N2O6/c1-8-4-6-10(23-3)13(20)12(8)14(21)16(2)18-11(19)7-5-9(17)15(22)24-16/h4,6,9,20H,5,7,17H2,1-3H3,(H,18,19)/t9-,16-/m1/s1. The molecule has 4 N–H and O–H groups in total. The number of nitrogens with two attached hydrogens (primary N) is 1. The average molecular weight is 336 g/mol. The molecule has 1 fully saturated rings. The lowest BCUT2D eigenvalue weighted by Gasteiger charge is -2.32. The Hall–Kier alpha value is -2.61. The van der Waals surface area contributed by atoms with Crippen LogP contribution in [0.3, 0.4) is 0 Å². The molecule has 1 aromatic rings. The van der Waals surface area contributed by atoms with Crippen LogP contribution in [-0.2, 0) is 14.3 Å². The number of Topliss-reactive ketones (excluding diaryl/α,β-unsaturated/α-hetero) is 1. The number of cyclic esters (lactones) is 1. The van der Waals surface area contributed by atoms with E-state index < -0.39 is 29.4 Å². The van der Waals surface area contributed by atoms with Crippen molar-refractivity contribution in [2.45, 2.75) is 38.5 Å². The van der Waals surface area contributed by atoms with Crippen LogP contribution in [-0.4, -0.2) is 41.6 Å². The van der Waals surface area contributed by atoms with Crippen molar-refractivity contribution in [3.05, 3.63) is 23.3 Å². The first-order chi connectivity index (χ1) is 11.2. The first kappa shape index (κ1) is 17.7. The Morgan fingerprint density at radius 1 is 1.46 bits per heavy atom. The molecule has 8 nitrogen and oxygen atoms in total. The Morgan fingerprint density at radius 3 is 2.75 bits per heavy atom. The van der Waals surface area contributed by atoms with E-state index in [1.54, 1.807) is 13.0 Å². The summed E-state index contributed by atoms with van der Waals surface area (Å²) in [6.45, 7) is 2.86. The normalized spacial score (nSPS) is 24.4. The molecular formula is C16H20N2O6. The monoisotopic (exact) mass is 336 g/mol. The molecule has 0 saturated carbocycles. The van der Waals surface area contributed by atoms with E-state index in [0.717, 1.165) is 0 Å². The molecule has 1 aliphatic rings. The lowest BCUT2D eigenvalue weighted by molar-refractivity contribution is -0.162. The van der Waals surface area contributed by atoms with E-state index in [4.69, 9.17) is 15.2 Å². The first-order valence-electron chi connectivity index (χ1n) is 7.40. The largest absolute Gasteiger partial charge is 0.504 e. The van der Waals surface area contributed by atoms with Gasteiger partial charge in [-0.05, 0) is 25.0 Å². The van der Waals surface area contributed by atoms with Gasteiger partial charge in [-0.25, -0.2) is 0 Å². The van der Waals surface area contributed by atoms with Gasteiger partial charge in [-0.15, -0.1) is 0 Å². The number of aryl methyl sites for hydroxylation is 1. The number of rotatable bonds is 3. The highest BCUT2D eigenvalue weighted by Gasteiger charge is 2.44. The maximum atomic E-state index is 12.9. The molecule has 24 heavy (non-hydrogen) atoms. The number of esters is 1. The van der Waals surface area contributed by atoms with E-state index in [9.17, 15) is 19.5 Å². The Kier molecular flexibility index (Phi) is 4.79. The summed E-state index contributed by atoms with van der Waals surface area (Å²) >= 11 is 0. The van der Waals surface area contributed by atoms with Crippen LogP contribution in [0.4, 0.5) is 0 Å². The molecule has 8 heteroatoms. The quantitative estimate of drug-likeness (QED) is 0.538. The Labute approximate surface area is 138 Å². The lowest BCUT2D eigenvalue weighted by atomic mass is 9.95. The molecule has 130 valence electrons. The fourth-order valence-electron chi connectivity index (χ4n) is 2.50. The summed E-state index contributed by atoms with van der Waals surface area (Å²) in [5.74, 6) is -2.35. The summed E-state index contributed by atoms with van der Waals surface area (Å²) in [5, 5.41) is 12.7. The van der Waals surface area contributed by atoms with E-state index in [1.165, 1.54) is 20.1 Å². The van der Waals surface area contributed by atoms with E-state index >= 15 is 0 Å². The minimum absolute atomic E-state index is 0.0117. The summed E-state index contributed by atoms with van der Waals surface area (Å²) in [7, 11) is 1.34. The minimum atomic E-state index is -1.97. The number of carbonyl (C=O) groups excluding carboxylic acids is 3. The number of benzene rings is 1. The van der Waals surface area contributed by atoms with Crippen LogP contribution in [0, 0.1) is 6.92 Å². The maximum absolute atomic E-state index is 12.9. The number of methoxy groups -OCH3 is 1. The van der Waals surface area contributed by atoms with Crippen molar-refractivity contribution in [1.82, 2.24) is 5.32 Å². The number of phenolic OH excluding ortho intramolecular Hbond substituents is 1. The van der Waals surface area contributed by atoms with Crippen LogP contribution in [0.1, 0.15) is 35.7 Å². The molecule has 1 aliphatic heterocycles. The Morgan fingerprint density at radius 2 is 2.12 bits per heavy atom. The lowest BCUT2D eigenvalue weighted by Crippen LogP contribution is -2.58. The van der Waals surface area contributed by atoms with Crippen LogP contribution in [0.15, 0.2) is 12.1 Å². The molecule has 0 unspecified atom stereocenters.